The Morgan fingerprint density at radius 1 is 1.08 bits per heavy atom. The number of ether oxygens (including phenoxy) is 1. The molecule has 196 valence electrons. The maximum Gasteiger partial charge on any atom is 0.573 e. The number of fused-ring (bicyclic) bond motifs is 1. The Kier molecular flexibility index (Phi) is 6.93. The third kappa shape index (κ3) is 5.48. The average molecular weight is 534 g/mol. The second-order valence-electron chi connectivity index (χ2n) is 9.29. The summed E-state index contributed by atoms with van der Waals surface area (Å²) in [5, 5.41) is 3.67. The zero-order chi connectivity index (χ0) is 26.2. The molecule has 2 aromatic heterocycles. The minimum absolute atomic E-state index is 0.0229. The van der Waals surface area contributed by atoms with Crippen LogP contribution in [-0.4, -0.2) is 58.6 Å². The van der Waals surface area contributed by atoms with E-state index in [2.05, 4.69) is 24.3 Å². The predicted octanol–water partition coefficient (Wildman–Crippen LogP) is 4.99. The number of likely N-dealkylation sites (tertiary alicyclic amines) is 1. The SMILES string of the molecule is Cc1nsc2ncc(C(=O)N3CCCC3)c(N3CCC(C(=O)Nc4ccc(OC(F)(F)F)cc4)CC3)c12. The van der Waals surface area contributed by atoms with Crippen LogP contribution in [0.25, 0.3) is 10.2 Å². The topological polar surface area (TPSA) is 87.7 Å². The molecule has 0 aliphatic carbocycles. The Bertz CT molecular complexity index is 1300. The van der Waals surface area contributed by atoms with Crippen molar-refractivity contribution in [2.45, 2.75) is 39.0 Å². The van der Waals surface area contributed by atoms with Gasteiger partial charge in [0.25, 0.3) is 5.91 Å². The van der Waals surface area contributed by atoms with E-state index in [1.807, 2.05) is 11.8 Å². The van der Waals surface area contributed by atoms with Crippen molar-refractivity contribution in [3.8, 4) is 5.75 Å². The van der Waals surface area contributed by atoms with Gasteiger partial charge in [0.15, 0.2) is 0 Å². The highest BCUT2D eigenvalue weighted by molar-refractivity contribution is 7.13. The van der Waals surface area contributed by atoms with E-state index < -0.39 is 6.36 Å². The van der Waals surface area contributed by atoms with E-state index >= 15 is 0 Å². The van der Waals surface area contributed by atoms with Crippen LogP contribution in [0.1, 0.15) is 41.7 Å². The Morgan fingerprint density at radius 2 is 1.76 bits per heavy atom. The number of aryl methyl sites for hydroxylation is 1. The summed E-state index contributed by atoms with van der Waals surface area (Å²) < 4.78 is 45.4. The fourth-order valence-corrected chi connectivity index (χ4v) is 5.71. The van der Waals surface area contributed by atoms with Crippen molar-refractivity contribution in [3.05, 3.63) is 41.7 Å². The normalized spacial score (nSPS) is 16.9. The van der Waals surface area contributed by atoms with Crippen LogP contribution in [0, 0.1) is 12.8 Å². The van der Waals surface area contributed by atoms with Gasteiger partial charge in [-0.2, -0.15) is 4.37 Å². The van der Waals surface area contributed by atoms with Gasteiger partial charge in [-0.15, -0.1) is 13.2 Å². The van der Waals surface area contributed by atoms with Crippen molar-refractivity contribution >= 4 is 44.9 Å². The van der Waals surface area contributed by atoms with Gasteiger partial charge in [0.05, 0.1) is 22.3 Å². The monoisotopic (exact) mass is 533 g/mol. The zero-order valence-electron chi connectivity index (χ0n) is 20.2. The number of carbonyl (C=O) groups is 2. The van der Waals surface area contributed by atoms with Crippen LogP contribution in [0.2, 0.25) is 0 Å². The minimum Gasteiger partial charge on any atom is -0.406 e. The summed E-state index contributed by atoms with van der Waals surface area (Å²) >= 11 is 1.31. The molecule has 0 radical (unpaired) electrons. The smallest absolute Gasteiger partial charge is 0.406 e. The molecular weight excluding hydrogens is 507 g/mol. The largest absolute Gasteiger partial charge is 0.573 e. The molecule has 3 aromatic rings. The summed E-state index contributed by atoms with van der Waals surface area (Å²) in [4.78, 5) is 35.6. The van der Waals surface area contributed by atoms with Crippen molar-refractivity contribution in [2.75, 3.05) is 36.4 Å². The molecular formula is C25H26F3N5O3S. The van der Waals surface area contributed by atoms with Gasteiger partial charge in [0.1, 0.15) is 10.6 Å². The standard InChI is InChI=1S/C25H26F3N5O3S/c1-15-20-21(19(14-29-23(20)37-31-15)24(35)33-10-2-3-11-33)32-12-8-16(9-13-32)22(34)30-17-4-6-18(7-5-17)36-25(26,27)28/h4-7,14,16H,2-3,8-13H2,1H3,(H,30,34). The molecule has 0 unspecified atom stereocenters. The van der Waals surface area contributed by atoms with Gasteiger partial charge in [-0.1, -0.05) is 0 Å². The van der Waals surface area contributed by atoms with Crippen molar-refractivity contribution in [3.63, 3.8) is 0 Å². The highest BCUT2D eigenvalue weighted by atomic mass is 32.1. The fraction of sp³-hybridized carbons (Fsp3) is 0.440. The van der Waals surface area contributed by atoms with Crippen LogP contribution in [0.15, 0.2) is 30.5 Å². The summed E-state index contributed by atoms with van der Waals surface area (Å²) in [6.07, 6.45) is 0.0110. The number of benzene rings is 1. The summed E-state index contributed by atoms with van der Waals surface area (Å²) in [6, 6.07) is 5.09. The molecule has 5 rings (SSSR count). The van der Waals surface area contributed by atoms with Gasteiger partial charge < -0.3 is 19.9 Å². The number of anilines is 2. The Labute approximate surface area is 215 Å². The van der Waals surface area contributed by atoms with Crippen LogP contribution in [-0.2, 0) is 4.79 Å². The molecule has 0 atom stereocenters. The number of aromatic nitrogens is 2. The highest BCUT2D eigenvalue weighted by Crippen LogP contribution is 2.37. The number of rotatable bonds is 5. The maximum absolute atomic E-state index is 13.4. The van der Waals surface area contributed by atoms with Crippen LogP contribution in [0.5, 0.6) is 5.75 Å². The number of hydrogen-bond donors (Lipinski definition) is 1. The van der Waals surface area contributed by atoms with E-state index in [-0.39, 0.29) is 23.5 Å². The number of alkyl halides is 3. The Balaban J connectivity index is 1.29. The fourth-order valence-electron chi connectivity index (χ4n) is 4.96. The molecule has 1 N–H and O–H groups in total. The summed E-state index contributed by atoms with van der Waals surface area (Å²) in [6.45, 7) is 4.54. The van der Waals surface area contributed by atoms with Crippen LogP contribution in [0.4, 0.5) is 24.5 Å². The van der Waals surface area contributed by atoms with Crippen molar-refractivity contribution < 1.29 is 27.5 Å². The number of halogens is 3. The van der Waals surface area contributed by atoms with E-state index in [1.54, 1.807) is 6.20 Å². The van der Waals surface area contributed by atoms with E-state index in [1.165, 1.54) is 23.7 Å². The second kappa shape index (κ2) is 10.2. The molecule has 37 heavy (non-hydrogen) atoms. The molecule has 2 saturated heterocycles. The summed E-state index contributed by atoms with van der Waals surface area (Å²) in [5.41, 5.74) is 2.64. The lowest BCUT2D eigenvalue weighted by Gasteiger charge is -2.34. The number of hydrogen-bond acceptors (Lipinski definition) is 7. The summed E-state index contributed by atoms with van der Waals surface area (Å²) in [5.74, 6) is -0.824. The number of carbonyl (C=O) groups excluding carboxylic acids is 2. The van der Waals surface area contributed by atoms with Crippen molar-refractivity contribution in [2.24, 2.45) is 5.92 Å². The van der Waals surface area contributed by atoms with Gasteiger partial charge in [0, 0.05) is 44.0 Å². The van der Waals surface area contributed by atoms with Gasteiger partial charge in [0.2, 0.25) is 5.91 Å². The highest BCUT2D eigenvalue weighted by Gasteiger charge is 2.32. The van der Waals surface area contributed by atoms with E-state index in [0.29, 0.717) is 37.2 Å². The lowest BCUT2D eigenvalue weighted by atomic mass is 9.94. The van der Waals surface area contributed by atoms with Crippen molar-refractivity contribution in [1.82, 2.24) is 14.3 Å². The lowest BCUT2D eigenvalue weighted by molar-refractivity contribution is -0.274. The number of nitrogens with one attached hydrogen (secondary N) is 1. The third-order valence-corrected chi connectivity index (χ3v) is 7.66. The van der Waals surface area contributed by atoms with E-state index in [9.17, 15) is 22.8 Å². The summed E-state index contributed by atoms with van der Waals surface area (Å²) in [7, 11) is 0. The molecule has 1 aromatic carbocycles. The molecule has 0 spiro atoms. The first-order valence-electron chi connectivity index (χ1n) is 12.2. The number of pyridine rings is 1. The van der Waals surface area contributed by atoms with Gasteiger partial charge >= 0.3 is 6.36 Å². The molecule has 0 saturated carbocycles. The molecule has 4 heterocycles. The van der Waals surface area contributed by atoms with Crippen LogP contribution < -0.4 is 15.0 Å². The first-order chi connectivity index (χ1) is 17.7. The Hall–Kier alpha value is -3.41. The average Bonchev–Trinajstić information content (AvgIpc) is 3.54. The third-order valence-electron chi connectivity index (χ3n) is 6.81. The number of piperidine rings is 1. The van der Waals surface area contributed by atoms with Gasteiger partial charge in [-0.25, -0.2) is 4.98 Å². The van der Waals surface area contributed by atoms with Crippen LogP contribution >= 0.6 is 11.5 Å². The molecule has 2 fully saturated rings. The second-order valence-corrected chi connectivity index (χ2v) is 10.0. The predicted molar refractivity (Wildman–Crippen MR) is 134 cm³/mol. The van der Waals surface area contributed by atoms with E-state index in [0.717, 1.165) is 59.7 Å². The first kappa shape index (κ1) is 25.2. The first-order valence-corrected chi connectivity index (χ1v) is 12.9. The number of amides is 2. The maximum atomic E-state index is 13.4. The van der Waals surface area contributed by atoms with Crippen LogP contribution in [0.3, 0.4) is 0 Å². The molecule has 8 nitrogen and oxygen atoms in total. The lowest BCUT2D eigenvalue weighted by Crippen LogP contribution is -2.39. The number of nitrogens with zero attached hydrogens (tertiary/aromatic N) is 4. The minimum atomic E-state index is -4.77. The van der Waals surface area contributed by atoms with E-state index in [4.69, 9.17) is 0 Å². The molecule has 12 heteroatoms. The quantitative estimate of drug-likeness (QED) is 0.497. The zero-order valence-corrected chi connectivity index (χ0v) is 21.0. The van der Waals surface area contributed by atoms with Gasteiger partial charge in [-0.3, -0.25) is 9.59 Å². The molecule has 2 aliphatic rings. The molecule has 2 aliphatic heterocycles. The Morgan fingerprint density at radius 3 is 2.41 bits per heavy atom. The van der Waals surface area contributed by atoms with Crippen molar-refractivity contribution in [1.29, 1.82) is 0 Å². The molecule has 0 bridgehead atoms. The molecule has 2 amide bonds. The van der Waals surface area contributed by atoms with Gasteiger partial charge in [-0.05, 0) is 68.4 Å².